The summed E-state index contributed by atoms with van der Waals surface area (Å²) in [5.74, 6) is -0.114. The van der Waals surface area contributed by atoms with Crippen molar-refractivity contribution in [3.63, 3.8) is 0 Å². The third kappa shape index (κ3) is 6.13. The van der Waals surface area contributed by atoms with E-state index in [1.807, 2.05) is 28.3 Å². The van der Waals surface area contributed by atoms with Gasteiger partial charge in [0.1, 0.15) is 0 Å². The Kier molecular flexibility index (Phi) is 10.6. The van der Waals surface area contributed by atoms with Gasteiger partial charge in [-0.25, -0.2) is 9.67 Å². The van der Waals surface area contributed by atoms with Crippen molar-refractivity contribution in [2.45, 2.75) is 19.9 Å². The standard InChI is InChI=1S/C19H25N5O2S.2ClH/c1-13(2)24-18-15(12-22-24)14(11-16(23-18)17-5-4-10-27-17)19(25)21-7-6-20-8-9-26-3;;/h4-5,10-13,20H,6-9H2,1-3H3,(H,21,25);2*1H. The Hall–Kier alpha value is -1.71. The van der Waals surface area contributed by atoms with Gasteiger partial charge in [-0.1, -0.05) is 6.07 Å². The average molecular weight is 460 g/mol. The Labute approximate surface area is 187 Å². The van der Waals surface area contributed by atoms with Crippen molar-refractivity contribution < 1.29 is 9.53 Å². The molecule has 7 nitrogen and oxygen atoms in total. The fraction of sp³-hybridized carbons (Fsp3) is 0.421. The number of hydrogen-bond donors (Lipinski definition) is 2. The van der Waals surface area contributed by atoms with Crippen molar-refractivity contribution in [1.29, 1.82) is 0 Å². The molecule has 0 aliphatic rings. The molecule has 0 unspecified atom stereocenters. The van der Waals surface area contributed by atoms with Crippen molar-refractivity contribution in [3.8, 4) is 10.6 Å². The number of methoxy groups -OCH3 is 1. The molecule has 0 aliphatic heterocycles. The fourth-order valence-electron chi connectivity index (χ4n) is 2.79. The van der Waals surface area contributed by atoms with E-state index < -0.39 is 0 Å². The molecule has 0 atom stereocenters. The Bertz CT molecular complexity index is 900. The van der Waals surface area contributed by atoms with Crippen molar-refractivity contribution in [2.75, 3.05) is 33.4 Å². The van der Waals surface area contributed by atoms with E-state index in [0.29, 0.717) is 25.3 Å². The van der Waals surface area contributed by atoms with Crippen LogP contribution in [-0.4, -0.2) is 54.0 Å². The molecule has 0 spiro atoms. The monoisotopic (exact) mass is 459 g/mol. The van der Waals surface area contributed by atoms with Gasteiger partial charge in [-0.3, -0.25) is 4.79 Å². The Morgan fingerprint density at radius 1 is 1.28 bits per heavy atom. The first-order valence-electron chi connectivity index (χ1n) is 9.01. The van der Waals surface area contributed by atoms with Crippen molar-refractivity contribution in [1.82, 2.24) is 25.4 Å². The highest BCUT2D eigenvalue weighted by molar-refractivity contribution is 7.13. The number of carbonyl (C=O) groups excluding carboxylic acids is 1. The molecular formula is C19H27Cl2N5O2S. The first-order valence-corrected chi connectivity index (χ1v) is 9.89. The van der Waals surface area contributed by atoms with Gasteiger partial charge in [0.05, 0.1) is 34.3 Å². The molecule has 1 amide bonds. The zero-order valence-electron chi connectivity index (χ0n) is 16.7. The maximum Gasteiger partial charge on any atom is 0.252 e. The molecule has 10 heteroatoms. The lowest BCUT2D eigenvalue weighted by atomic mass is 10.1. The van der Waals surface area contributed by atoms with Gasteiger partial charge in [0.25, 0.3) is 5.91 Å². The summed E-state index contributed by atoms with van der Waals surface area (Å²) in [5, 5.41) is 13.4. The molecule has 3 aromatic heterocycles. The summed E-state index contributed by atoms with van der Waals surface area (Å²) in [6, 6.07) is 6.01. The number of rotatable bonds is 9. The van der Waals surface area contributed by atoms with Gasteiger partial charge >= 0.3 is 0 Å². The van der Waals surface area contributed by atoms with E-state index in [1.165, 1.54) is 0 Å². The van der Waals surface area contributed by atoms with Crippen molar-refractivity contribution in [2.24, 2.45) is 0 Å². The van der Waals surface area contributed by atoms with Crippen LogP contribution in [0.3, 0.4) is 0 Å². The van der Waals surface area contributed by atoms with Gasteiger partial charge in [0.2, 0.25) is 0 Å². The SMILES string of the molecule is COCCNCCNC(=O)c1cc(-c2cccs2)nc2c1cnn2C(C)C.Cl.Cl. The van der Waals surface area contributed by atoms with E-state index in [-0.39, 0.29) is 36.8 Å². The highest BCUT2D eigenvalue weighted by atomic mass is 35.5. The van der Waals surface area contributed by atoms with Crippen LogP contribution in [0.5, 0.6) is 0 Å². The fourth-order valence-corrected chi connectivity index (χ4v) is 3.48. The number of halogens is 2. The molecule has 0 aliphatic carbocycles. The second-order valence-electron chi connectivity index (χ2n) is 6.45. The molecular weight excluding hydrogens is 433 g/mol. The zero-order chi connectivity index (χ0) is 19.2. The van der Waals surface area contributed by atoms with Gasteiger partial charge in [0, 0.05) is 32.8 Å². The Morgan fingerprint density at radius 2 is 2.07 bits per heavy atom. The second-order valence-corrected chi connectivity index (χ2v) is 7.40. The van der Waals surface area contributed by atoms with E-state index >= 15 is 0 Å². The molecule has 0 fully saturated rings. The highest BCUT2D eigenvalue weighted by Gasteiger charge is 2.18. The number of carbonyl (C=O) groups is 1. The van der Waals surface area contributed by atoms with Crippen LogP contribution in [0, 0.1) is 0 Å². The molecule has 0 radical (unpaired) electrons. The van der Waals surface area contributed by atoms with E-state index in [0.717, 1.165) is 28.1 Å². The normalized spacial score (nSPS) is 10.6. The highest BCUT2D eigenvalue weighted by Crippen LogP contribution is 2.28. The number of amides is 1. The Balaban J connectivity index is 0.00000210. The average Bonchev–Trinajstić information content (AvgIpc) is 3.33. The molecule has 3 aromatic rings. The summed E-state index contributed by atoms with van der Waals surface area (Å²) < 4.78 is 6.85. The first-order chi connectivity index (χ1) is 13.1. The summed E-state index contributed by atoms with van der Waals surface area (Å²) in [4.78, 5) is 18.6. The van der Waals surface area contributed by atoms with E-state index in [1.54, 1.807) is 24.6 Å². The largest absolute Gasteiger partial charge is 0.383 e. The molecule has 3 rings (SSSR count). The third-order valence-electron chi connectivity index (χ3n) is 4.14. The lowest BCUT2D eigenvalue weighted by molar-refractivity contribution is 0.0955. The van der Waals surface area contributed by atoms with E-state index in [9.17, 15) is 4.79 Å². The minimum Gasteiger partial charge on any atom is -0.383 e. The van der Waals surface area contributed by atoms with Crippen molar-refractivity contribution in [3.05, 3.63) is 35.3 Å². The van der Waals surface area contributed by atoms with Crippen LogP contribution in [0.1, 0.15) is 30.2 Å². The van der Waals surface area contributed by atoms with Gasteiger partial charge in [-0.2, -0.15) is 5.10 Å². The number of hydrogen-bond acceptors (Lipinski definition) is 6. The third-order valence-corrected chi connectivity index (χ3v) is 5.04. The van der Waals surface area contributed by atoms with Gasteiger partial charge in [0.15, 0.2) is 5.65 Å². The lowest BCUT2D eigenvalue weighted by Crippen LogP contribution is -2.33. The Morgan fingerprint density at radius 3 is 2.72 bits per heavy atom. The second kappa shape index (κ2) is 12.1. The van der Waals surface area contributed by atoms with E-state index in [4.69, 9.17) is 9.72 Å². The van der Waals surface area contributed by atoms with Crippen LogP contribution >= 0.6 is 36.2 Å². The number of ether oxygens (including phenoxy) is 1. The predicted octanol–water partition coefficient (Wildman–Crippen LogP) is 3.55. The summed E-state index contributed by atoms with van der Waals surface area (Å²) >= 11 is 1.61. The topological polar surface area (TPSA) is 81.1 Å². The summed E-state index contributed by atoms with van der Waals surface area (Å²) in [7, 11) is 1.67. The van der Waals surface area contributed by atoms with E-state index in [2.05, 4.69) is 29.6 Å². The van der Waals surface area contributed by atoms with Gasteiger partial charge in [-0.15, -0.1) is 36.2 Å². The maximum atomic E-state index is 12.8. The molecule has 0 bridgehead atoms. The number of aromatic nitrogens is 3. The summed E-state index contributed by atoms with van der Waals surface area (Å²) in [6.07, 6.45) is 1.73. The van der Waals surface area contributed by atoms with Crippen molar-refractivity contribution >= 4 is 53.1 Å². The van der Waals surface area contributed by atoms with Gasteiger partial charge in [-0.05, 0) is 31.4 Å². The summed E-state index contributed by atoms with van der Waals surface area (Å²) in [5.41, 5.74) is 2.13. The molecule has 3 heterocycles. The molecule has 2 N–H and O–H groups in total. The van der Waals surface area contributed by atoms with Crippen LogP contribution in [-0.2, 0) is 4.74 Å². The molecule has 0 saturated heterocycles. The predicted molar refractivity (Wildman–Crippen MR) is 123 cm³/mol. The number of nitrogens with one attached hydrogen (secondary N) is 2. The number of pyridine rings is 1. The quantitative estimate of drug-likeness (QED) is 0.478. The molecule has 0 saturated carbocycles. The lowest BCUT2D eigenvalue weighted by Gasteiger charge is -2.11. The summed E-state index contributed by atoms with van der Waals surface area (Å²) in [6.45, 7) is 6.74. The number of nitrogens with zero attached hydrogens (tertiary/aromatic N) is 3. The molecule has 160 valence electrons. The molecule has 29 heavy (non-hydrogen) atoms. The molecule has 0 aromatic carbocycles. The minimum absolute atomic E-state index is 0. The van der Waals surface area contributed by atoms with Gasteiger partial charge < -0.3 is 15.4 Å². The zero-order valence-corrected chi connectivity index (χ0v) is 19.1. The van der Waals surface area contributed by atoms with Crippen LogP contribution in [0.25, 0.3) is 21.6 Å². The smallest absolute Gasteiger partial charge is 0.252 e. The van der Waals surface area contributed by atoms with Crippen LogP contribution < -0.4 is 10.6 Å². The maximum absolute atomic E-state index is 12.8. The van der Waals surface area contributed by atoms with Crippen LogP contribution in [0.15, 0.2) is 29.8 Å². The van der Waals surface area contributed by atoms with Crippen LogP contribution in [0.2, 0.25) is 0 Å². The first kappa shape index (κ1) is 25.3. The van der Waals surface area contributed by atoms with Crippen LogP contribution in [0.4, 0.5) is 0 Å². The number of fused-ring (bicyclic) bond motifs is 1. The minimum atomic E-state index is -0.114. The number of thiophene rings is 1.